The number of nitrogens with zero attached hydrogens (tertiary/aromatic N) is 3. The number of piperazine rings is 1. The van der Waals surface area contributed by atoms with Crippen LogP contribution in [0.3, 0.4) is 0 Å². The third-order valence-electron chi connectivity index (χ3n) is 5.79. The zero-order valence-corrected chi connectivity index (χ0v) is 19.0. The topological polar surface area (TPSA) is 45.1 Å². The van der Waals surface area contributed by atoms with Crippen molar-refractivity contribution in [3.63, 3.8) is 0 Å². The van der Waals surface area contributed by atoms with E-state index in [1.165, 1.54) is 6.08 Å². The molecule has 1 saturated carbocycles. The van der Waals surface area contributed by atoms with Crippen molar-refractivity contribution in [3.8, 4) is 0 Å². The lowest BCUT2D eigenvalue weighted by Gasteiger charge is -2.41. The number of hydrogen-bond donors (Lipinski definition) is 0. The fourth-order valence-corrected chi connectivity index (χ4v) is 3.63. The van der Waals surface area contributed by atoms with E-state index in [9.17, 15) is 13.6 Å². The van der Waals surface area contributed by atoms with Crippen molar-refractivity contribution in [2.24, 2.45) is 4.99 Å². The van der Waals surface area contributed by atoms with Gasteiger partial charge in [0.2, 0.25) is 0 Å². The molecule has 2 aliphatic rings. The van der Waals surface area contributed by atoms with Crippen LogP contribution in [-0.2, 0) is 4.74 Å². The van der Waals surface area contributed by atoms with E-state index in [-0.39, 0.29) is 23.3 Å². The van der Waals surface area contributed by atoms with Crippen LogP contribution in [0, 0.1) is 0 Å². The Morgan fingerprint density at radius 1 is 1.30 bits per heavy atom. The summed E-state index contributed by atoms with van der Waals surface area (Å²) in [6, 6.07) is -0.0809. The Hall–Kier alpha value is -2.18. The first-order chi connectivity index (χ1) is 14.1. The number of ether oxygens (including phenoxy) is 1. The van der Waals surface area contributed by atoms with Crippen molar-refractivity contribution < 1.29 is 18.3 Å². The van der Waals surface area contributed by atoms with Crippen LogP contribution >= 0.6 is 0 Å². The molecule has 1 heterocycles. The predicted molar refractivity (Wildman–Crippen MR) is 117 cm³/mol. The normalized spacial score (nSPS) is 23.2. The molecule has 0 N–H and O–H groups in total. The first kappa shape index (κ1) is 24.1. The van der Waals surface area contributed by atoms with Crippen LogP contribution in [0.2, 0.25) is 0 Å². The largest absolute Gasteiger partial charge is 0.443 e. The molecule has 0 spiro atoms. The number of aliphatic imine (C=N–C) groups is 1. The average Bonchev–Trinajstić information content (AvgIpc) is 3.41. The number of alkyl halides is 2. The Kier molecular flexibility index (Phi) is 8.21. The van der Waals surface area contributed by atoms with Gasteiger partial charge < -0.3 is 14.5 Å². The van der Waals surface area contributed by atoms with E-state index < -0.39 is 6.43 Å². The second-order valence-electron chi connectivity index (χ2n) is 8.32. The van der Waals surface area contributed by atoms with Gasteiger partial charge in [0.25, 0.3) is 6.43 Å². The third-order valence-corrected chi connectivity index (χ3v) is 5.79. The molecule has 0 aromatic rings. The van der Waals surface area contributed by atoms with Crippen molar-refractivity contribution in [1.82, 2.24) is 9.80 Å². The van der Waals surface area contributed by atoms with Gasteiger partial charge in [0, 0.05) is 54.4 Å². The highest BCUT2D eigenvalue weighted by molar-refractivity contribution is 6.03. The molecule has 1 unspecified atom stereocenters. The van der Waals surface area contributed by atoms with Gasteiger partial charge in [-0.3, -0.25) is 4.99 Å². The number of carbonyl (C=O) groups is 1. The van der Waals surface area contributed by atoms with Gasteiger partial charge in [-0.15, -0.1) is 0 Å². The fourth-order valence-electron chi connectivity index (χ4n) is 3.63. The van der Waals surface area contributed by atoms with E-state index in [1.54, 1.807) is 24.9 Å². The van der Waals surface area contributed by atoms with E-state index in [0.717, 1.165) is 25.0 Å². The fraction of sp³-hybridized carbons (Fsp3) is 0.652. The van der Waals surface area contributed by atoms with Gasteiger partial charge in [0.05, 0.1) is 0 Å². The predicted octanol–water partition coefficient (Wildman–Crippen LogP) is 5.55. The number of hydrogen-bond acceptors (Lipinski definition) is 4. The molecule has 30 heavy (non-hydrogen) atoms. The summed E-state index contributed by atoms with van der Waals surface area (Å²) in [6.45, 7) is 12.8. The van der Waals surface area contributed by atoms with E-state index in [0.29, 0.717) is 30.9 Å². The first-order valence-electron chi connectivity index (χ1n) is 10.7. The lowest BCUT2D eigenvalue weighted by Crippen LogP contribution is -2.54. The van der Waals surface area contributed by atoms with Gasteiger partial charge in [-0.25, -0.2) is 13.6 Å². The number of carbonyl (C=O) groups excluding carboxylic acids is 1. The van der Waals surface area contributed by atoms with Gasteiger partial charge in [-0.2, -0.15) is 0 Å². The van der Waals surface area contributed by atoms with Crippen molar-refractivity contribution in [1.29, 1.82) is 0 Å². The maximum absolute atomic E-state index is 13.8. The van der Waals surface area contributed by atoms with Gasteiger partial charge in [-0.1, -0.05) is 19.1 Å². The smallest absolute Gasteiger partial charge is 0.410 e. The molecule has 168 valence electrons. The quantitative estimate of drug-likeness (QED) is 0.398. The molecule has 7 heteroatoms. The maximum atomic E-state index is 13.8. The second kappa shape index (κ2) is 10.2. The van der Waals surface area contributed by atoms with Crippen molar-refractivity contribution in [2.45, 2.75) is 78.9 Å². The lowest BCUT2D eigenvalue weighted by atomic mass is 9.98. The highest BCUT2D eigenvalue weighted by atomic mass is 19.3. The van der Waals surface area contributed by atoms with Crippen LogP contribution in [0.4, 0.5) is 13.6 Å². The van der Waals surface area contributed by atoms with E-state index in [1.807, 2.05) is 33.8 Å². The Balaban J connectivity index is 2.25. The highest BCUT2D eigenvalue weighted by Gasteiger charge is 2.43. The SMILES string of the molecule is C\C=C(C(/C(C)=N/C=C/CC)=C(/C)N1CCN(C(=O)OC2(C)CC2)C(C)C1)\C(F)F. The summed E-state index contributed by atoms with van der Waals surface area (Å²) in [7, 11) is 0. The summed E-state index contributed by atoms with van der Waals surface area (Å²) in [6.07, 6.45) is 4.78. The zero-order chi connectivity index (χ0) is 22.5. The second-order valence-corrected chi connectivity index (χ2v) is 8.32. The minimum Gasteiger partial charge on any atom is -0.443 e. The number of amides is 1. The molecular weight excluding hydrogens is 388 g/mol. The van der Waals surface area contributed by atoms with Crippen LogP contribution in [0.5, 0.6) is 0 Å². The standard InChI is InChI=1S/C23H35F2N3O2/c1-7-9-12-26-17(4)20(19(8-2)21(24)25)18(5)27-13-14-28(16(3)15-27)22(29)30-23(6)10-11-23/h8-9,12,16,21H,7,10-11,13-15H2,1-6H3/b12-9+,19-8+,20-18-,26-17+. The minimum absolute atomic E-state index is 0.0187. The Labute approximate surface area is 179 Å². The van der Waals surface area contributed by atoms with Gasteiger partial charge in [0.1, 0.15) is 5.60 Å². The summed E-state index contributed by atoms with van der Waals surface area (Å²) < 4.78 is 33.1. The van der Waals surface area contributed by atoms with Crippen LogP contribution in [0.1, 0.15) is 60.8 Å². The van der Waals surface area contributed by atoms with E-state index >= 15 is 0 Å². The summed E-state index contributed by atoms with van der Waals surface area (Å²) >= 11 is 0. The third kappa shape index (κ3) is 5.92. The van der Waals surface area contributed by atoms with Crippen LogP contribution in [-0.4, -0.2) is 59.3 Å². The molecule has 0 bridgehead atoms. The molecule has 1 saturated heterocycles. The Morgan fingerprint density at radius 3 is 2.47 bits per heavy atom. The summed E-state index contributed by atoms with van der Waals surface area (Å²) in [5.41, 5.74) is 1.45. The highest BCUT2D eigenvalue weighted by Crippen LogP contribution is 2.39. The first-order valence-corrected chi connectivity index (χ1v) is 10.7. The molecule has 5 nitrogen and oxygen atoms in total. The van der Waals surface area contributed by atoms with Gasteiger partial charge >= 0.3 is 6.09 Å². The molecule has 0 aromatic carbocycles. The van der Waals surface area contributed by atoms with Crippen molar-refractivity contribution >= 4 is 11.8 Å². The van der Waals surface area contributed by atoms with Crippen molar-refractivity contribution in [2.75, 3.05) is 19.6 Å². The minimum atomic E-state index is -2.59. The molecule has 1 aliphatic carbocycles. The Bertz CT molecular complexity index is 752. The summed E-state index contributed by atoms with van der Waals surface area (Å²) in [5, 5.41) is 0. The maximum Gasteiger partial charge on any atom is 0.410 e. The Morgan fingerprint density at radius 2 is 1.97 bits per heavy atom. The lowest BCUT2D eigenvalue weighted by molar-refractivity contribution is 0.0301. The molecule has 1 amide bonds. The van der Waals surface area contributed by atoms with E-state index in [4.69, 9.17) is 4.74 Å². The summed E-state index contributed by atoms with van der Waals surface area (Å²) in [4.78, 5) is 20.7. The van der Waals surface area contributed by atoms with Gasteiger partial charge in [0.15, 0.2) is 0 Å². The van der Waals surface area contributed by atoms with Crippen LogP contribution in [0.15, 0.2) is 40.2 Å². The molecule has 1 atom stereocenters. The summed E-state index contributed by atoms with van der Waals surface area (Å²) in [5.74, 6) is 0. The average molecular weight is 424 g/mol. The molecular formula is C23H35F2N3O2. The number of rotatable bonds is 7. The molecule has 1 aliphatic heterocycles. The molecule has 2 fully saturated rings. The van der Waals surface area contributed by atoms with Crippen molar-refractivity contribution in [3.05, 3.63) is 35.2 Å². The van der Waals surface area contributed by atoms with Crippen LogP contribution < -0.4 is 0 Å². The van der Waals surface area contributed by atoms with E-state index in [2.05, 4.69) is 9.89 Å². The number of allylic oxidation sites excluding steroid dienone is 5. The monoisotopic (exact) mass is 423 g/mol. The molecule has 0 aromatic heterocycles. The zero-order valence-electron chi connectivity index (χ0n) is 19.0. The number of halogens is 2. The van der Waals surface area contributed by atoms with Crippen LogP contribution in [0.25, 0.3) is 0 Å². The molecule has 0 radical (unpaired) electrons. The van der Waals surface area contributed by atoms with Gasteiger partial charge in [-0.05, 0) is 53.9 Å². The molecule has 2 rings (SSSR count).